The van der Waals surface area contributed by atoms with Crippen molar-refractivity contribution in [1.29, 1.82) is 0 Å². The molecular weight excluding hydrogens is 172 g/mol. The molecule has 0 aromatic rings. The topological polar surface area (TPSA) is 83.6 Å². The van der Waals surface area contributed by atoms with Gasteiger partial charge in [0.25, 0.3) is 0 Å². The molecule has 0 aromatic heterocycles. The summed E-state index contributed by atoms with van der Waals surface area (Å²) < 4.78 is 0. The highest BCUT2D eigenvalue weighted by molar-refractivity contribution is 5.73. The first-order chi connectivity index (χ1) is 5.82. The lowest BCUT2D eigenvalue weighted by molar-refractivity contribution is -0.141. The predicted molar refractivity (Wildman–Crippen MR) is 50.3 cm³/mol. The standard InChI is InChI=1S/C5H11NO2.C3H7NO/c1-4(5(7)8)6(2)3;1-2-3(4)5/h4H,1-3H3,(H,7,8);2H2,1H3,(H2,4,5). The van der Waals surface area contributed by atoms with Crippen molar-refractivity contribution < 1.29 is 14.7 Å². The molecule has 1 unspecified atom stereocenters. The lowest BCUT2D eigenvalue weighted by Crippen LogP contribution is -2.32. The van der Waals surface area contributed by atoms with Crippen molar-refractivity contribution in [2.75, 3.05) is 14.1 Å². The number of carboxylic acids is 1. The van der Waals surface area contributed by atoms with Crippen LogP contribution in [-0.2, 0) is 9.59 Å². The van der Waals surface area contributed by atoms with E-state index in [1.165, 1.54) is 0 Å². The van der Waals surface area contributed by atoms with E-state index in [9.17, 15) is 9.59 Å². The summed E-state index contributed by atoms with van der Waals surface area (Å²) in [5, 5.41) is 8.31. The van der Waals surface area contributed by atoms with Gasteiger partial charge in [0.15, 0.2) is 0 Å². The van der Waals surface area contributed by atoms with Gasteiger partial charge >= 0.3 is 5.97 Å². The molecule has 0 saturated heterocycles. The minimum atomic E-state index is -0.782. The fourth-order valence-electron chi connectivity index (χ4n) is 0.221. The Labute approximate surface area is 78.5 Å². The van der Waals surface area contributed by atoms with Crippen LogP contribution in [0, 0.1) is 0 Å². The van der Waals surface area contributed by atoms with E-state index in [-0.39, 0.29) is 11.9 Å². The van der Waals surface area contributed by atoms with E-state index in [2.05, 4.69) is 5.73 Å². The maximum atomic E-state index is 10.1. The number of nitrogens with two attached hydrogens (primary N) is 1. The zero-order chi connectivity index (χ0) is 11.0. The van der Waals surface area contributed by atoms with Gasteiger partial charge in [-0.05, 0) is 21.0 Å². The largest absolute Gasteiger partial charge is 0.480 e. The molecule has 78 valence electrons. The summed E-state index contributed by atoms with van der Waals surface area (Å²) in [7, 11) is 3.47. The van der Waals surface area contributed by atoms with E-state index < -0.39 is 5.97 Å². The Hall–Kier alpha value is -1.10. The van der Waals surface area contributed by atoms with Gasteiger partial charge in [-0.15, -0.1) is 0 Å². The molecule has 13 heavy (non-hydrogen) atoms. The van der Waals surface area contributed by atoms with Gasteiger partial charge in [-0.3, -0.25) is 14.5 Å². The van der Waals surface area contributed by atoms with Crippen LogP contribution in [0.2, 0.25) is 0 Å². The smallest absolute Gasteiger partial charge is 0.320 e. The van der Waals surface area contributed by atoms with E-state index in [0.717, 1.165) is 0 Å². The first-order valence-electron chi connectivity index (χ1n) is 4.00. The van der Waals surface area contributed by atoms with Gasteiger partial charge in [0, 0.05) is 6.42 Å². The maximum absolute atomic E-state index is 10.1. The number of aliphatic carboxylic acids is 1. The number of likely N-dealkylation sites (N-methyl/N-ethyl adjacent to an activating group) is 1. The van der Waals surface area contributed by atoms with Crippen LogP contribution in [0.5, 0.6) is 0 Å². The Morgan fingerprint density at radius 3 is 1.77 bits per heavy atom. The van der Waals surface area contributed by atoms with Crippen LogP contribution in [0.3, 0.4) is 0 Å². The molecule has 0 aliphatic heterocycles. The van der Waals surface area contributed by atoms with Crippen LogP contribution < -0.4 is 5.73 Å². The summed E-state index contributed by atoms with van der Waals surface area (Å²) in [6.45, 7) is 3.37. The molecular formula is C8H18N2O3. The Balaban J connectivity index is 0. The van der Waals surface area contributed by atoms with Crippen LogP contribution in [0.4, 0.5) is 0 Å². The van der Waals surface area contributed by atoms with E-state index in [4.69, 9.17) is 5.11 Å². The number of hydrogen-bond donors (Lipinski definition) is 2. The molecule has 0 aromatic carbocycles. The molecule has 0 rings (SSSR count). The number of primary amides is 1. The van der Waals surface area contributed by atoms with Gasteiger partial charge in [0.05, 0.1) is 0 Å². The van der Waals surface area contributed by atoms with Crippen molar-refractivity contribution in [3.8, 4) is 0 Å². The first kappa shape index (κ1) is 14.4. The molecule has 0 bridgehead atoms. The molecule has 5 nitrogen and oxygen atoms in total. The monoisotopic (exact) mass is 190 g/mol. The number of hydrogen-bond acceptors (Lipinski definition) is 3. The molecule has 5 heteroatoms. The number of carboxylic acid groups (broad SMARTS) is 1. The SMILES string of the molecule is CC(C(=O)O)N(C)C.CCC(N)=O. The van der Waals surface area contributed by atoms with Crippen molar-refractivity contribution in [2.24, 2.45) is 5.73 Å². The molecule has 0 spiro atoms. The summed E-state index contributed by atoms with van der Waals surface area (Å²) in [4.78, 5) is 21.3. The molecule has 0 radical (unpaired) electrons. The summed E-state index contributed by atoms with van der Waals surface area (Å²) in [6, 6.07) is -0.380. The van der Waals surface area contributed by atoms with Gasteiger partial charge in [-0.1, -0.05) is 6.92 Å². The summed E-state index contributed by atoms with van der Waals surface area (Å²) in [5.74, 6) is -1.03. The van der Waals surface area contributed by atoms with Gasteiger partial charge in [-0.2, -0.15) is 0 Å². The summed E-state index contributed by atoms with van der Waals surface area (Å²) in [5.41, 5.74) is 4.65. The molecule has 0 aliphatic carbocycles. The van der Waals surface area contributed by atoms with Gasteiger partial charge in [0.2, 0.25) is 5.91 Å². The minimum absolute atomic E-state index is 0.245. The second kappa shape index (κ2) is 7.54. The molecule has 1 atom stereocenters. The van der Waals surface area contributed by atoms with Crippen LogP contribution in [0.25, 0.3) is 0 Å². The van der Waals surface area contributed by atoms with Crippen LogP contribution in [0.1, 0.15) is 20.3 Å². The quantitative estimate of drug-likeness (QED) is 0.651. The fourth-order valence-corrected chi connectivity index (χ4v) is 0.221. The highest BCUT2D eigenvalue weighted by Crippen LogP contribution is 1.88. The van der Waals surface area contributed by atoms with Crippen LogP contribution in [-0.4, -0.2) is 42.0 Å². The number of rotatable bonds is 3. The Kier molecular flexibility index (Phi) is 8.37. The highest BCUT2D eigenvalue weighted by Gasteiger charge is 2.11. The third-order valence-electron chi connectivity index (χ3n) is 1.48. The minimum Gasteiger partial charge on any atom is -0.480 e. The van der Waals surface area contributed by atoms with Crippen molar-refractivity contribution in [3.63, 3.8) is 0 Å². The third-order valence-corrected chi connectivity index (χ3v) is 1.48. The number of carbonyl (C=O) groups is 2. The van der Waals surface area contributed by atoms with Gasteiger partial charge in [0.1, 0.15) is 6.04 Å². The van der Waals surface area contributed by atoms with Crippen molar-refractivity contribution >= 4 is 11.9 Å². The Bertz CT molecular complexity index is 169. The van der Waals surface area contributed by atoms with Gasteiger partial charge < -0.3 is 10.8 Å². The van der Waals surface area contributed by atoms with Crippen LogP contribution >= 0.6 is 0 Å². The van der Waals surface area contributed by atoms with E-state index in [1.54, 1.807) is 32.8 Å². The third kappa shape index (κ3) is 10.9. The lowest BCUT2D eigenvalue weighted by atomic mass is 10.3. The lowest BCUT2D eigenvalue weighted by Gasteiger charge is -2.13. The van der Waals surface area contributed by atoms with Crippen molar-refractivity contribution in [3.05, 3.63) is 0 Å². The van der Waals surface area contributed by atoms with E-state index in [1.807, 2.05) is 0 Å². The zero-order valence-electron chi connectivity index (χ0n) is 8.57. The van der Waals surface area contributed by atoms with Crippen molar-refractivity contribution in [2.45, 2.75) is 26.3 Å². The Morgan fingerprint density at radius 2 is 1.77 bits per heavy atom. The van der Waals surface area contributed by atoms with Crippen LogP contribution in [0.15, 0.2) is 0 Å². The fraction of sp³-hybridized carbons (Fsp3) is 0.750. The normalized spacial score (nSPS) is 11.5. The average Bonchev–Trinajstić information content (AvgIpc) is 2.03. The highest BCUT2D eigenvalue weighted by atomic mass is 16.4. The second-order valence-electron chi connectivity index (χ2n) is 2.80. The molecule has 3 N–H and O–H groups in total. The predicted octanol–water partition coefficient (Wildman–Crippen LogP) is -0.0972. The number of amides is 1. The molecule has 0 fully saturated rings. The molecule has 1 amide bonds. The average molecular weight is 190 g/mol. The zero-order valence-corrected chi connectivity index (χ0v) is 8.57. The van der Waals surface area contributed by atoms with E-state index in [0.29, 0.717) is 6.42 Å². The first-order valence-corrected chi connectivity index (χ1v) is 4.00. The Morgan fingerprint density at radius 1 is 1.46 bits per heavy atom. The van der Waals surface area contributed by atoms with Crippen molar-refractivity contribution in [1.82, 2.24) is 4.90 Å². The maximum Gasteiger partial charge on any atom is 0.320 e. The van der Waals surface area contributed by atoms with Gasteiger partial charge in [-0.25, -0.2) is 0 Å². The number of nitrogens with zero attached hydrogens (tertiary/aromatic N) is 1. The van der Waals surface area contributed by atoms with E-state index >= 15 is 0 Å². The molecule has 0 heterocycles. The molecule has 0 saturated carbocycles. The second-order valence-corrected chi connectivity index (χ2v) is 2.80. The summed E-state index contributed by atoms with van der Waals surface area (Å²) >= 11 is 0. The number of carbonyl (C=O) groups excluding carboxylic acids is 1. The summed E-state index contributed by atoms with van der Waals surface area (Å²) in [6.07, 6.45) is 0.444. The molecule has 0 aliphatic rings.